The van der Waals surface area contributed by atoms with Crippen molar-refractivity contribution in [1.29, 1.82) is 5.26 Å². The first kappa shape index (κ1) is 16.8. The third-order valence-electron chi connectivity index (χ3n) is 4.64. The van der Waals surface area contributed by atoms with Gasteiger partial charge in [-0.2, -0.15) is 5.26 Å². The van der Waals surface area contributed by atoms with E-state index in [1.807, 2.05) is 12.1 Å². The minimum Gasteiger partial charge on any atom is -0.326 e. The van der Waals surface area contributed by atoms with Crippen LogP contribution in [-0.4, -0.2) is 17.4 Å². The normalized spacial score (nSPS) is 12.8. The molecule has 0 unspecified atom stereocenters. The predicted molar refractivity (Wildman–Crippen MR) is 105 cm³/mol. The van der Waals surface area contributed by atoms with E-state index in [0.29, 0.717) is 16.8 Å². The summed E-state index contributed by atoms with van der Waals surface area (Å²) in [6.07, 6.45) is 3.77. The summed E-state index contributed by atoms with van der Waals surface area (Å²) in [4.78, 5) is 19.3. The van der Waals surface area contributed by atoms with Gasteiger partial charge in [0.05, 0.1) is 11.6 Å². The highest BCUT2D eigenvalue weighted by Crippen LogP contribution is 2.32. The van der Waals surface area contributed by atoms with Crippen molar-refractivity contribution in [2.45, 2.75) is 12.8 Å². The number of rotatable bonds is 3. The summed E-state index contributed by atoms with van der Waals surface area (Å²) in [5.41, 5.74) is 4.09. The van der Waals surface area contributed by atoms with Crippen molar-refractivity contribution in [3.8, 4) is 6.07 Å². The third-order valence-corrected chi connectivity index (χ3v) is 4.64. The fraction of sp³-hybridized carbons (Fsp3) is 0.136. The van der Waals surface area contributed by atoms with Crippen LogP contribution in [0.4, 0.5) is 17.2 Å². The number of amides is 1. The summed E-state index contributed by atoms with van der Waals surface area (Å²) in [7, 11) is 0. The number of pyridine rings is 1. The summed E-state index contributed by atoms with van der Waals surface area (Å²) in [5.74, 6) is 0.541. The molecule has 2 heterocycles. The minimum absolute atomic E-state index is 0.223. The second-order valence-electron chi connectivity index (χ2n) is 6.43. The summed E-state index contributed by atoms with van der Waals surface area (Å²) >= 11 is 0. The summed E-state index contributed by atoms with van der Waals surface area (Å²) in [5, 5.41) is 11.8. The number of benzene rings is 2. The number of carbonyl (C=O) groups is 1. The molecule has 0 aliphatic carbocycles. The highest BCUT2D eigenvalue weighted by molar-refractivity contribution is 6.04. The third kappa shape index (κ3) is 3.51. The Hall–Kier alpha value is -3.65. The molecule has 5 heteroatoms. The number of para-hydroxylation sites is 1. The van der Waals surface area contributed by atoms with Gasteiger partial charge in [0.25, 0.3) is 5.91 Å². The number of carbonyl (C=O) groups excluding carboxylic acids is 1. The summed E-state index contributed by atoms with van der Waals surface area (Å²) in [6.45, 7) is 0.874. The number of anilines is 3. The van der Waals surface area contributed by atoms with Gasteiger partial charge in [0.2, 0.25) is 0 Å². The second-order valence-corrected chi connectivity index (χ2v) is 6.43. The van der Waals surface area contributed by atoms with E-state index in [2.05, 4.69) is 39.5 Å². The smallest absolute Gasteiger partial charge is 0.255 e. The summed E-state index contributed by atoms with van der Waals surface area (Å²) < 4.78 is 0. The molecule has 5 nitrogen and oxygen atoms in total. The molecule has 2 aromatic carbocycles. The quantitative estimate of drug-likeness (QED) is 0.762. The van der Waals surface area contributed by atoms with Gasteiger partial charge in [0.1, 0.15) is 5.82 Å². The number of hydrogen-bond donors (Lipinski definition) is 1. The van der Waals surface area contributed by atoms with Crippen LogP contribution in [0.5, 0.6) is 0 Å². The van der Waals surface area contributed by atoms with Crippen LogP contribution in [0.1, 0.15) is 27.9 Å². The molecule has 0 atom stereocenters. The Morgan fingerprint density at radius 1 is 1.11 bits per heavy atom. The molecule has 0 fully saturated rings. The van der Waals surface area contributed by atoms with Crippen molar-refractivity contribution in [1.82, 2.24) is 4.98 Å². The fourth-order valence-electron chi connectivity index (χ4n) is 3.35. The van der Waals surface area contributed by atoms with Crippen LogP contribution < -0.4 is 10.2 Å². The van der Waals surface area contributed by atoms with Crippen molar-refractivity contribution >= 4 is 23.1 Å². The van der Waals surface area contributed by atoms with Gasteiger partial charge < -0.3 is 10.2 Å². The zero-order valence-electron chi connectivity index (χ0n) is 14.7. The molecule has 0 saturated heterocycles. The molecule has 1 aromatic heterocycles. The molecule has 0 saturated carbocycles. The largest absolute Gasteiger partial charge is 0.326 e. The van der Waals surface area contributed by atoms with Gasteiger partial charge in [0, 0.05) is 29.7 Å². The molecule has 132 valence electrons. The van der Waals surface area contributed by atoms with E-state index in [0.717, 1.165) is 30.9 Å². The van der Waals surface area contributed by atoms with Crippen LogP contribution in [0.25, 0.3) is 0 Å². The van der Waals surface area contributed by atoms with Gasteiger partial charge in [-0.3, -0.25) is 4.79 Å². The number of hydrogen-bond acceptors (Lipinski definition) is 4. The maximum absolute atomic E-state index is 12.7. The van der Waals surface area contributed by atoms with Crippen LogP contribution >= 0.6 is 0 Å². The van der Waals surface area contributed by atoms with Crippen molar-refractivity contribution in [2.75, 3.05) is 16.8 Å². The monoisotopic (exact) mass is 354 g/mol. The molecule has 27 heavy (non-hydrogen) atoms. The van der Waals surface area contributed by atoms with Gasteiger partial charge in [-0.05, 0) is 54.8 Å². The van der Waals surface area contributed by atoms with E-state index in [1.165, 1.54) is 5.56 Å². The average molecular weight is 354 g/mol. The average Bonchev–Trinajstić information content (AvgIpc) is 2.73. The first-order valence-electron chi connectivity index (χ1n) is 8.87. The maximum atomic E-state index is 12.7. The highest BCUT2D eigenvalue weighted by Gasteiger charge is 2.19. The van der Waals surface area contributed by atoms with Gasteiger partial charge in [-0.1, -0.05) is 24.3 Å². The van der Waals surface area contributed by atoms with Gasteiger partial charge in [-0.15, -0.1) is 0 Å². The molecule has 3 aromatic rings. The maximum Gasteiger partial charge on any atom is 0.255 e. The zero-order valence-corrected chi connectivity index (χ0v) is 14.7. The molecular weight excluding hydrogens is 336 g/mol. The SMILES string of the molecule is N#Cc1cccc(NC(=O)c2ccnc(N3CCCc4ccccc43)c2)c1. The molecule has 0 bridgehead atoms. The number of nitrogens with zero attached hydrogens (tertiary/aromatic N) is 3. The highest BCUT2D eigenvalue weighted by atomic mass is 16.1. The topological polar surface area (TPSA) is 69.0 Å². The van der Waals surface area contributed by atoms with Crippen LogP contribution in [0.2, 0.25) is 0 Å². The van der Waals surface area contributed by atoms with Crippen LogP contribution in [0.15, 0.2) is 66.9 Å². The zero-order chi connectivity index (χ0) is 18.6. The van der Waals surface area contributed by atoms with E-state index in [-0.39, 0.29) is 5.91 Å². The lowest BCUT2D eigenvalue weighted by atomic mass is 10.0. The Morgan fingerprint density at radius 3 is 2.89 bits per heavy atom. The number of aryl methyl sites for hydroxylation is 1. The lowest BCUT2D eigenvalue weighted by Gasteiger charge is -2.30. The predicted octanol–water partition coefficient (Wildman–Crippen LogP) is 4.29. The second kappa shape index (κ2) is 7.30. The van der Waals surface area contributed by atoms with Crippen LogP contribution in [-0.2, 0) is 6.42 Å². The molecular formula is C22H18N4O. The van der Waals surface area contributed by atoms with Gasteiger partial charge >= 0.3 is 0 Å². The standard InChI is InChI=1S/C22H18N4O/c23-15-16-5-3-8-19(13-16)25-22(27)18-10-11-24-21(14-18)26-12-4-7-17-6-1-2-9-20(17)26/h1-3,5-6,8-11,13-14H,4,7,12H2,(H,25,27). The summed E-state index contributed by atoms with van der Waals surface area (Å²) in [6, 6.07) is 20.8. The van der Waals surface area contributed by atoms with E-state index in [9.17, 15) is 4.79 Å². The minimum atomic E-state index is -0.223. The number of aromatic nitrogens is 1. The molecule has 0 radical (unpaired) electrons. The Kier molecular flexibility index (Phi) is 4.54. The number of nitriles is 1. The Labute approximate surface area is 157 Å². The van der Waals surface area contributed by atoms with E-state index < -0.39 is 0 Å². The Bertz CT molecular complexity index is 1040. The molecule has 1 N–H and O–H groups in total. The lowest BCUT2D eigenvalue weighted by molar-refractivity contribution is 0.102. The number of fused-ring (bicyclic) bond motifs is 1. The van der Waals surface area contributed by atoms with E-state index in [1.54, 1.807) is 36.5 Å². The van der Waals surface area contributed by atoms with Crippen LogP contribution in [0.3, 0.4) is 0 Å². The first-order valence-corrected chi connectivity index (χ1v) is 8.87. The molecule has 1 aliphatic rings. The molecule has 4 rings (SSSR count). The molecule has 0 spiro atoms. The van der Waals surface area contributed by atoms with Gasteiger partial charge in [0.15, 0.2) is 0 Å². The fourth-order valence-corrected chi connectivity index (χ4v) is 3.35. The molecule has 1 amide bonds. The van der Waals surface area contributed by atoms with Crippen molar-refractivity contribution in [3.05, 3.63) is 83.6 Å². The van der Waals surface area contributed by atoms with Gasteiger partial charge in [-0.25, -0.2) is 4.98 Å². The van der Waals surface area contributed by atoms with E-state index >= 15 is 0 Å². The van der Waals surface area contributed by atoms with Crippen molar-refractivity contribution in [2.24, 2.45) is 0 Å². The van der Waals surface area contributed by atoms with Crippen molar-refractivity contribution in [3.63, 3.8) is 0 Å². The lowest BCUT2D eigenvalue weighted by Crippen LogP contribution is -2.25. The Morgan fingerprint density at radius 2 is 2.00 bits per heavy atom. The molecule has 1 aliphatic heterocycles. The van der Waals surface area contributed by atoms with Crippen LogP contribution in [0, 0.1) is 11.3 Å². The number of nitrogens with one attached hydrogen (secondary N) is 1. The first-order chi connectivity index (χ1) is 13.2. The van der Waals surface area contributed by atoms with E-state index in [4.69, 9.17) is 5.26 Å². The Balaban J connectivity index is 1.60. The van der Waals surface area contributed by atoms with Crippen molar-refractivity contribution < 1.29 is 4.79 Å².